The summed E-state index contributed by atoms with van der Waals surface area (Å²) in [5, 5.41) is 6.30. The smallest absolute Gasteiger partial charge is 0.274 e. The summed E-state index contributed by atoms with van der Waals surface area (Å²) in [7, 11) is 0. The second-order valence-corrected chi connectivity index (χ2v) is 9.59. The molecule has 2 aliphatic rings. The van der Waals surface area contributed by atoms with Crippen molar-refractivity contribution in [1.29, 1.82) is 0 Å². The van der Waals surface area contributed by atoms with Crippen LogP contribution in [0, 0.1) is 5.82 Å². The van der Waals surface area contributed by atoms with E-state index in [1.54, 1.807) is 35.9 Å². The van der Waals surface area contributed by atoms with Crippen LogP contribution in [0.5, 0.6) is 0 Å². The Labute approximate surface area is 202 Å². The number of hydrogen-bond donors (Lipinski definition) is 2. The fourth-order valence-corrected chi connectivity index (χ4v) is 5.27. The van der Waals surface area contributed by atoms with E-state index >= 15 is 0 Å². The summed E-state index contributed by atoms with van der Waals surface area (Å²) >= 11 is 0. The highest BCUT2D eigenvalue weighted by atomic mass is 19.1. The highest BCUT2D eigenvalue weighted by molar-refractivity contribution is 6.14. The van der Waals surface area contributed by atoms with E-state index in [1.807, 2.05) is 6.07 Å². The molecule has 0 spiro atoms. The molecular weight excluding hydrogens is 449 g/mol. The Hall–Kier alpha value is -3.75. The van der Waals surface area contributed by atoms with E-state index < -0.39 is 17.3 Å². The molecule has 1 aliphatic heterocycles. The normalized spacial score (nSPS) is 20.2. The van der Waals surface area contributed by atoms with Gasteiger partial charge in [0.2, 0.25) is 11.8 Å². The number of carbonyl (C=O) groups is 3. The maximum atomic E-state index is 14.2. The number of aromatic nitrogens is 2. The first-order valence-corrected chi connectivity index (χ1v) is 11.9. The molecule has 0 bridgehead atoms. The minimum atomic E-state index is -1.22. The van der Waals surface area contributed by atoms with Crippen molar-refractivity contribution in [3.8, 4) is 0 Å². The van der Waals surface area contributed by atoms with Crippen LogP contribution in [0.3, 0.4) is 0 Å². The first kappa shape index (κ1) is 23.0. The first-order valence-electron chi connectivity index (χ1n) is 11.9. The fourth-order valence-electron chi connectivity index (χ4n) is 5.27. The van der Waals surface area contributed by atoms with Crippen molar-refractivity contribution >= 4 is 34.3 Å². The van der Waals surface area contributed by atoms with E-state index in [1.165, 1.54) is 24.0 Å². The van der Waals surface area contributed by atoms with Crippen molar-refractivity contribution in [2.24, 2.45) is 0 Å². The predicted octanol–water partition coefficient (Wildman–Crippen LogP) is 3.61. The van der Waals surface area contributed by atoms with Crippen LogP contribution in [-0.2, 0) is 22.7 Å². The summed E-state index contributed by atoms with van der Waals surface area (Å²) in [6.45, 7) is 3.37. The van der Waals surface area contributed by atoms with Crippen LogP contribution in [0.25, 0.3) is 10.9 Å². The van der Waals surface area contributed by atoms with Gasteiger partial charge < -0.3 is 20.1 Å². The van der Waals surface area contributed by atoms with E-state index in [4.69, 9.17) is 0 Å². The second kappa shape index (κ2) is 8.79. The number of carbonyl (C=O) groups excluding carboxylic acids is 3. The molecule has 2 aromatic heterocycles. The summed E-state index contributed by atoms with van der Waals surface area (Å²) in [4.78, 5) is 45.7. The molecule has 1 aromatic carbocycles. The molecule has 3 amide bonds. The zero-order valence-corrected chi connectivity index (χ0v) is 19.8. The molecule has 9 heteroatoms. The Bertz CT molecular complexity index is 1320. The largest absolute Gasteiger partial charge is 0.351 e. The average molecular weight is 478 g/mol. The van der Waals surface area contributed by atoms with Crippen molar-refractivity contribution in [2.75, 3.05) is 5.32 Å². The number of halogens is 1. The minimum absolute atomic E-state index is 0.0815. The Morgan fingerprint density at radius 2 is 1.97 bits per heavy atom. The molecule has 1 fully saturated rings. The van der Waals surface area contributed by atoms with Gasteiger partial charge in [0.05, 0.1) is 30.0 Å². The van der Waals surface area contributed by atoms with E-state index in [2.05, 4.69) is 15.6 Å². The van der Waals surface area contributed by atoms with Gasteiger partial charge in [-0.25, -0.2) is 4.39 Å². The zero-order chi connectivity index (χ0) is 24.7. The molecule has 2 N–H and O–H groups in total. The van der Waals surface area contributed by atoms with Gasteiger partial charge >= 0.3 is 0 Å². The number of amides is 3. The van der Waals surface area contributed by atoms with Crippen LogP contribution < -0.4 is 10.6 Å². The van der Waals surface area contributed by atoms with Gasteiger partial charge in [-0.3, -0.25) is 19.4 Å². The summed E-state index contributed by atoms with van der Waals surface area (Å²) < 4.78 is 15.9. The highest BCUT2D eigenvalue weighted by Crippen LogP contribution is 2.39. The van der Waals surface area contributed by atoms with Gasteiger partial charge in [0.1, 0.15) is 17.1 Å². The van der Waals surface area contributed by atoms with E-state index in [9.17, 15) is 18.8 Å². The summed E-state index contributed by atoms with van der Waals surface area (Å²) in [6, 6.07) is 9.70. The maximum Gasteiger partial charge on any atom is 0.274 e. The average Bonchev–Trinajstić information content (AvgIpc) is 3.43. The molecule has 8 nitrogen and oxygen atoms in total. The number of fused-ring (bicyclic) bond motifs is 3. The van der Waals surface area contributed by atoms with Gasteiger partial charge in [0.25, 0.3) is 5.91 Å². The monoisotopic (exact) mass is 477 g/mol. The molecule has 182 valence electrons. The Morgan fingerprint density at radius 3 is 2.66 bits per heavy atom. The number of benzene rings is 1. The second-order valence-electron chi connectivity index (χ2n) is 9.59. The van der Waals surface area contributed by atoms with Crippen LogP contribution in [0.2, 0.25) is 0 Å². The van der Waals surface area contributed by atoms with E-state index in [-0.39, 0.29) is 42.3 Å². The number of hydrogen-bond acceptors (Lipinski definition) is 4. The van der Waals surface area contributed by atoms with Crippen LogP contribution in [-0.4, -0.2) is 43.8 Å². The molecular formula is C26H28FN5O3. The van der Waals surface area contributed by atoms with Crippen LogP contribution in [0.4, 0.5) is 10.1 Å². The van der Waals surface area contributed by atoms with Crippen molar-refractivity contribution in [3.05, 3.63) is 59.8 Å². The first-order chi connectivity index (χ1) is 16.8. The lowest BCUT2D eigenvalue weighted by molar-refractivity contribution is -0.133. The summed E-state index contributed by atoms with van der Waals surface area (Å²) in [6.07, 6.45) is 5.61. The molecule has 1 atom stereocenters. The third-order valence-electron chi connectivity index (χ3n) is 7.06. The number of pyridine rings is 1. The van der Waals surface area contributed by atoms with Gasteiger partial charge in [-0.1, -0.05) is 18.9 Å². The molecule has 3 aromatic rings. The summed E-state index contributed by atoms with van der Waals surface area (Å²) in [5.41, 5.74) is 0.468. The van der Waals surface area contributed by atoms with Crippen LogP contribution >= 0.6 is 0 Å². The Kier molecular flexibility index (Phi) is 5.78. The number of nitrogens with zero attached hydrogens (tertiary/aromatic N) is 3. The van der Waals surface area contributed by atoms with Gasteiger partial charge in [0.15, 0.2) is 0 Å². The van der Waals surface area contributed by atoms with E-state index in [0.29, 0.717) is 16.6 Å². The molecule has 5 rings (SSSR count). The number of rotatable bonds is 5. The Morgan fingerprint density at radius 1 is 1.20 bits per heavy atom. The van der Waals surface area contributed by atoms with Crippen molar-refractivity contribution < 1.29 is 18.8 Å². The Balaban J connectivity index is 1.66. The van der Waals surface area contributed by atoms with Gasteiger partial charge in [0, 0.05) is 24.5 Å². The molecule has 35 heavy (non-hydrogen) atoms. The lowest BCUT2D eigenvalue weighted by Crippen LogP contribution is -2.64. The van der Waals surface area contributed by atoms with Crippen molar-refractivity contribution in [3.63, 3.8) is 0 Å². The van der Waals surface area contributed by atoms with Gasteiger partial charge in [-0.15, -0.1) is 0 Å². The molecule has 0 radical (unpaired) electrons. The number of anilines is 1. The lowest BCUT2D eigenvalue weighted by Gasteiger charge is -2.44. The van der Waals surface area contributed by atoms with Crippen LogP contribution in [0.1, 0.15) is 55.7 Å². The standard InChI is InChI=1S/C26H28FN5O3/c1-16(33)29-22-20-13-17(27)10-11-21(20)31-15-26(2,25(35)30-18-7-3-4-8-18)32(24(34)23(22)31)14-19-9-5-6-12-28-19/h5-6,9-13,18H,3-4,7-8,14-15H2,1-2H3,(H,29,33)(H,30,35). The topological polar surface area (TPSA) is 96.3 Å². The lowest BCUT2D eigenvalue weighted by atomic mass is 9.93. The van der Waals surface area contributed by atoms with E-state index in [0.717, 1.165) is 25.7 Å². The third kappa shape index (κ3) is 4.05. The van der Waals surface area contributed by atoms with Gasteiger partial charge in [-0.05, 0) is 50.1 Å². The quantitative estimate of drug-likeness (QED) is 0.587. The highest BCUT2D eigenvalue weighted by Gasteiger charge is 2.49. The molecule has 3 heterocycles. The fraction of sp³-hybridized carbons (Fsp3) is 0.385. The minimum Gasteiger partial charge on any atom is -0.351 e. The van der Waals surface area contributed by atoms with Crippen molar-refractivity contribution in [1.82, 2.24) is 19.8 Å². The maximum absolute atomic E-state index is 14.2. The zero-order valence-electron chi connectivity index (χ0n) is 19.8. The van der Waals surface area contributed by atoms with Crippen molar-refractivity contribution in [2.45, 2.75) is 64.2 Å². The molecule has 1 unspecified atom stereocenters. The van der Waals surface area contributed by atoms with Gasteiger partial charge in [-0.2, -0.15) is 0 Å². The molecule has 1 saturated carbocycles. The third-order valence-corrected chi connectivity index (χ3v) is 7.06. The summed E-state index contributed by atoms with van der Waals surface area (Å²) in [5.74, 6) is -1.51. The predicted molar refractivity (Wildman–Crippen MR) is 129 cm³/mol. The molecule has 1 aliphatic carbocycles. The number of nitrogens with one attached hydrogen (secondary N) is 2. The SMILES string of the molecule is CC(=O)Nc1c2n(c3ccc(F)cc13)CC(C)(C(=O)NC1CCCC1)N(Cc1ccccn1)C2=O. The molecule has 0 saturated heterocycles. The van der Waals surface area contributed by atoms with Crippen LogP contribution in [0.15, 0.2) is 42.6 Å².